The summed E-state index contributed by atoms with van der Waals surface area (Å²) in [5.74, 6) is 0.468. The van der Waals surface area contributed by atoms with Crippen molar-refractivity contribution in [3.05, 3.63) is 29.8 Å². The highest BCUT2D eigenvalue weighted by atomic mass is 16.5. The van der Waals surface area contributed by atoms with Crippen LogP contribution >= 0.6 is 0 Å². The first kappa shape index (κ1) is 16.5. The smallest absolute Gasteiger partial charge is 0.193 e. The zero-order valence-electron chi connectivity index (χ0n) is 12.7. The van der Waals surface area contributed by atoms with Gasteiger partial charge in [0.1, 0.15) is 0 Å². The summed E-state index contributed by atoms with van der Waals surface area (Å²) in [5, 5.41) is 3.10. The van der Waals surface area contributed by atoms with Gasteiger partial charge in [-0.3, -0.25) is 4.99 Å². The van der Waals surface area contributed by atoms with E-state index in [2.05, 4.69) is 22.3 Å². The zero-order chi connectivity index (χ0) is 14.8. The van der Waals surface area contributed by atoms with Crippen LogP contribution in [0, 0.1) is 6.92 Å². The highest BCUT2D eigenvalue weighted by Crippen LogP contribution is 2.08. The predicted molar refractivity (Wildman–Crippen MR) is 85.3 cm³/mol. The van der Waals surface area contributed by atoms with Crippen LogP contribution in [0.15, 0.2) is 29.3 Å². The van der Waals surface area contributed by atoms with Crippen LogP contribution in [-0.4, -0.2) is 51.3 Å². The maximum Gasteiger partial charge on any atom is 0.193 e. The fraction of sp³-hybridized carbons (Fsp3) is 0.533. The van der Waals surface area contributed by atoms with Crippen LogP contribution in [0.4, 0.5) is 5.69 Å². The Morgan fingerprint density at radius 2 is 2.20 bits per heavy atom. The molecule has 0 unspecified atom stereocenters. The van der Waals surface area contributed by atoms with E-state index in [0.717, 1.165) is 38.3 Å². The molecule has 0 aliphatic carbocycles. The molecule has 1 aromatic carbocycles. The van der Waals surface area contributed by atoms with E-state index in [4.69, 9.17) is 10.5 Å². The molecule has 0 saturated carbocycles. The van der Waals surface area contributed by atoms with E-state index in [1.165, 1.54) is 5.56 Å². The number of aliphatic imine (C=N–C) groups is 1. The molecular formula is C15H26N4O. The van der Waals surface area contributed by atoms with Gasteiger partial charge in [-0.25, -0.2) is 0 Å². The van der Waals surface area contributed by atoms with Crippen molar-refractivity contribution >= 4 is 11.6 Å². The van der Waals surface area contributed by atoms with Gasteiger partial charge in [-0.15, -0.1) is 0 Å². The number of nitrogens with one attached hydrogen (secondary N) is 1. The number of ether oxygens (including phenoxy) is 1. The van der Waals surface area contributed by atoms with Crippen LogP contribution in [0.3, 0.4) is 0 Å². The molecule has 0 aliphatic heterocycles. The highest BCUT2D eigenvalue weighted by Gasteiger charge is 1.98. The summed E-state index contributed by atoms with van der Waals surface area (Å²) in [6.07, 6.45) is 0.983. The third-order valence-electron chi connectivity index (χ3n) is 2.95. The molecule has 5 nitrogen and oxygen atoms in total. The van der Waals surface area contributed by atoms with E-state index in [1.807, 2.05) is 31.2 Å². The standard InChI is InChI=1S/C15H26N4O/c1-13-6-4-7-14(12-13)18-15(16)17-8-5-9-19(2)10-11-20-3/h4,6-7,12H,5,8-11H2,1-3H3,(H3,16,17,18). The number of likely N-dealkylation sites (N-methyl/N-ethyl adjacent to an activating group) is 1. The summed E-state index contributed by atoms with van der Waals surface area (Å²) in [7, 11) is 3.80. The van der Waals surface area contributed by atoms with Gasteiger partial charge in [-0.05, 0) is 44.6 Å². The molecule has 0 fully saturated rings. The van der Waals surface area contributed by atoms with Crippen LogP contribution in [0.25, 0.3) is 0 Å². The maximum atomic E-state index is 5.86. The Bertz CT molecular complexity index is 420. The second-order valence-electron chi connectivity index (χ2n) is 4.91. The lowest BCUT2D eigenvalue weighted by Crippen LogP contribution is -2.25. The Morgan fingerprint density at radius 3 is 2.90 bits per heavy atom. The average molecular weight is 278 g/mol. The molecule has 0 aromatic heterocycles. The molecule has 0 atom stereocenters. The van der Waals surface area contributed by atoms with Crippen LogP contribution < -0.4 is 11.1 Å². The Labute approximate surface area is 121 Å². The van der Waals surface area contributed by atoms with Gasteiger partial charge in [0.05, 0.1) is 6.61 Å². The van der Waals surface area contributed by atoms with E-state index in [0.29, 0.717) is 5.96 Å². The van der Waals surface area contributed by atoms with Crippen LogP contribution in [0.1, 0.15) is 12.0 Å². The van der Waals surface area contributed by atoms with Crippen LogP contribution in [0.5, 0.6) is 0 Å². The summed E-state index contributed by atoms with van der Waals surface area (Å²) >= 11 is 0. The van der Waals surface area contributed by atoms with E-state index in [9.17, 15) is 0 Å². The fourth-order valence-corrected chi connectivity index (χ4v) is 1.81. The quantitative estimate of drug-likeness (QED) is 0.431. The minimum Gasteiger partial charge on any atom is -0.383 e. The van der Waals surface area contributed by atoms with Gasteiger partial charge in [0.2, 0.25) is 0 Å². The fourth-order valence-electron chi connectivity index (χ4n) is 1.81. The topological polar surface area (TPSA) is 62.9 Å². The zero-order valence-corrected chi connectivity index (χ0v) is 12.7. The second kappa shape index (κ2) is 9.34. The number of aryl methyl sites for hydroxylation is 1. The number of rotatable bonds is 8. The molecule has 5 heteroatoms. The molecule has 0 aliphatic rings. The van der Waals surface area contributed by atoms with Gasteiger partial charge in [0.15, 0.2) is 5.96 Å². The van der Waals surface area contributed by atoms with E-state index in [-0.39, 0.29) is 0 Å². The first-order valence-corrected chi connectivity index (χ1v) is 6.93. The Kier molecular flexibility index (Phi) is 7.69. The number of nitrogens with two attached hydrogens (primary N) is 1. The number of nitrogens with zero attached hydrogens (tertiary/aromatic N) is 2. The molecule has 112 valence electrons. The average Bonchev–Trinajstić information content (AvgIpc) is 2.41. The molecule has 1 rings (SSSR count). The lowest BCUT2D eigenvalue weighted by molar-refractivity contribution is 0.161. The first-order valence-electron chi connectivity index (χ1n) is 6.93. The second-order valence-corrected chi connectivity index (χ2v) is 4.91. The lowest BCUT2D eigenvalue weighted by atomic mass is 10.2. The number of anilines is 1. The molecule has 0 radical (unpaired) electrons. The molecule has 0 bridgehead atoms. The van der Waals surface area contributed by atoms with Crippen molar-refractivity contribution in [1.82, 2.24) is 4.90 Å². The van der Waals surface area contributed by atoms with Gasteiger partial charge in [-0.1, -0.05) is 12.1 Å². The molecule has 3 N–H and O–H groups in total. The summed E-state index contributed by atoms with van der Waals surface area (Å²) in [6.45, 7) is 5.47. The summed E-state index contributed by atoms with van der Waals surface area (Å²) in [6, 6.07) is 8.07. The number of methoxy groups -OCH3 is 1. The molecule has 0 saturated heterocycles. The van der Waals surface area contributed by atoms with Gasteiger partial charge < -0.3 is 20.7 Å². The first-order chi connectivity index (χ1) is 9.61. The Hall–Kier alpha value is -1.59. The van der Waals surface area contributed by atoms with Crippen molar-refractivity contribution < 1.29 is 4.74 Å². The molecule has 1 aromatic rings. The number of guanidine groups is 1. The normalized spacial score (nSPS) is 11.9. The van der Waals surface area contributed by atoms with Gasteiger partial charge in [0.25, 0.3) is 0 Å². The van der Waals surface area contributed by atoms with Crippen molar-refractivity contribution in [1.29, 1.82) is 0 Å². The molecular weight excluding hydrogens is 252 g/mol. The summed E-state index contributed by atoms with van der Waals surface area (Å²) in [4.78, 5) is 6.55. The van der Waals surface area contributed by atoms with Crippen molar-refractivity contribution in [2.45, 2.75) is 13.3 Å². The summed E-state index contributed by atoms with van der Waals surface area (Å²) < 4.78 is 5.03. The third kappa shape index (κ3) is 7.11. The Balaban J connectivity index is 2.25. The highest BCUT2D eigenvalue weighted by molar-refractivity contribution is 5.92. The van der Waals surface area contributed by atoms with Crippen molar-refractivity contribution in [2.24, 2.45) is 10.7 Å². The van der Waals surface area contributed by atoms with Crippen molar-refractivity contribution in [3.63, 3.8) is 0 Å². The predicted octanol–water partition coefficient (Wildman–Crippen LogP) is 1.69. The number of hydrogen-bond donors (Lipinski definition) is 2. The number of benzene rings is 1. The van der Waals surface area contributed by atoms with Gasteiger partial charge in [-0.2, -0.15) is 0 Å². The molecule has 0 amide bonds. The molecule has 20 heavy (non-hydrogen) atoms. The molecule has 0 heterocycles. The van der Waals surface area contributed by atoms with E-state index < -0.39 is 0 Å². The van der Waals surface area contributed by atoms with Gasteiger partial charge in [0, 0.05) is 25.9 Å². The van der Waals surface area contributed by atoms with Crippen molar-refractivity contribution in [3.8, 4) is 0 Å². The Morgan fingerprint density at radius 1 is 1.40 bits per heavy atom. The van der Waals surface area contributed by atoms with Crippen LogP contribution in [0.2, 0.25) is 0 Å². The minimum atomic E-state index is 0.468. The lowest BCUT2D eigenvalue weighted by Gasteiger charge is -2.14. The number of hydrogen-bond acceptors (Lipinski definition) is 3. The largest absolute Gasteiger partial charge is 0.383 e. The SMILES string of the molecule is COCCN(C)CCCN=C(N)Nc1cccc(C)c1. The van der Waals surface area contributed by atoms with E-state index in [1.54, 1.807) is 7.11 Å². The minimum absolute atomic E-state index is 0.468. The van der Waals surface area contributed by atoms with Crippen molar-refractivity contribution in [2.75, 3.05) is 45.7 Å². The summed E-state index contributed by atoms with van der Waals surface area (Å²) in [5.41, 5.74) is 8.03. The van der Waals surface area contributed by atoms with Gasteiger partial charge >= 0.3 is 0 Å². The monoisotopic (exact) mass is 278 g/mol. The van der Waals surface area contributed by atoms with Crippen LogP contribution in [-0.2, 0) is 4.74 Å². The van der Waals surface area contributed by atoms with E-state index >= 15 is 0 Å². The molecule has 0 spiro atoms. The third-order valence-corrected chi connectivity index (χ3v) is 2.95. The maximum absolute atomic E-state index is 5.86.